The molecule has 2 unspecified atom stereocenters. The zero-order valence-electron chi connectivity index (χ0n) is 19.9. The highest BCUT2D eigenvalue weighted by Gasteiger charge is 2.41. The lowest BCUT2D eigenvalue weighted by molar-refractivity contribution is -0.137. The number of carbonyl (C=O) groups excluding carboxylic acids is 2. The largest absolute Gasteiger partial charge is 0.497 e. The van der Waals surface area contributed by atoms with Crippen LogP contribution in [0.3, 0.4) is 0 Å². The Bertz CT molecular complexity index is 1060. The first-order valence-electron chi connectivity index (χ1n) is 11.7. The number of carbonyl (C=O) groups is 2. The third kappa shape index (κ3) is 5.61. The number of methoxy groups -OCH3 is 1. The van der Waals surface area contributed by atoms with E-state index < -0.39 is 35.4 Å². The van der Waals surface area contributed by atoms with Crippen LogP contribution in [0.4, 0.5) is 13.2 Å². The van der Waals surface area contributed by atoms with Gasteiger partial charge in [-0.05, 0) is 54.2 Å². The molecule has 0 radical (unpaired) electrons. The Morgan fingerprint density at radius 2 is 1.63 bits per heavy atom. The fourth-order valence-corrected chi connectivity index (χ4v) is 4.49. The van der Waals surface area contributed by atoms with E-state index in [1.807, 2.05) is 38.1 Å². The van der Waals surface area contributed by atoms with Crippen molar-refractivity contribution >= 4 is 11.8 Å². The first kappa shape index (κ1) is 25.0. The van der Waals surface area contributed by atoms with E-state index >= 15 is 0 Å². The quantitative estimate of drug-likeness (QED) is 0.548. The average molecular weight is 490 g/mol. The summed E-state index contributed by atoms with van der Waals surface area (Å²) in [6.45, 7) is 3.95. The van der Waals surface area contributed by atoms with E-state index in [2.05, 4.69) is 16.0 Å². The van der Waals surface area contributed by atoms with Crippen molar-refractivity contribution < 1.29 is 27.5 Å². The van der Waals surface area contributed by atoms with Gasteiger partial charge in [-0.2, -0.15) is 13.2 Å². The summed E-state index contributed by atoms with van der Waals surface area (Å²) in [4.78, 5) is 25.8. The lowest BCUT2D eigenvalue weighted by atomic mass is 9.80. The van der Waals surface area contributed by atoms with Crippen molar-refractivity contribution in [1.82, 2.24) is 16.0 Å². The number of alkyl halides is 3. The predicted octanol–water partition coefficient (Wildman–Crippen LogP) is 4.06. The van der Waals surface area contributed by atoms with Gasteiger partial charge in [0.25, 0.3) is 0 Å². The summed E-state index contributed by atoms with van der Waals surface area (Å²) >= 11 is 0. The summed E-state index contributed by atoms with van der Waals surface area (Å²) in [6, 6.07) is 11.3. The van der Waals surface area contributed by atoms with Crippen LogP contribution in [0.2, 0.25) is 0 Å². The summed E-state index contributed by atoms with van der Waals surface area (Å²) in [6.07, 6.45) is -3.17. The summed E-state index contributed by atoms with van der Waals surface area (Å²) in [5, 5.41) is 9.20. The zero-order valence-corrected chi connectivity index (χ0v) is 19.9. The van der Waals surface area contributed by atoms with E-state index in [0.717, 1.165) is 36.3 Å². The SMILES string of the molecule is COc1ccc(C(C)(C)C2NC(=O)CC(C(=O)N[C@@H](c3ccc(C(F)(F)F)cc3)C3CC3)N2)cc1. The standard InChI is InChI=1S/C26H30F3N3O3/c1-25(2,17-10-12-19(35-3)13-11-17)24-30-20(14-21(33)31-24)23(34)32-22(15-4-5-15)16-6-8-18(9-7-16)26(27,28)29/h6-13,15,20,22,24,30H,4-5,14H2,1-3H3,(H,31,33)(H,32,34)/t20?,22-,24?/m1/s1. The molecule has 0 spiro atoms. The molecule has 1 saturated heterocycles. The van der Waals surface area contributed by atoms with E-state index in [1.54, 1.807) is 7.11 Å². The van der Waals surface area contributed by atoms with Crippen LogP contribution in [0.15, 0.2) is 48.5 Å². The average Bonchev–Trinajstić information content (AvgIpc) is 3.67. The van der Waals surface area contributed by atoms with Gasteiger partial charge in [0.15, 0.2) is 0 Å². The van der Waals surface area contributed by atoms with Crippen molar-refractivity contribution in [2.45, 2.75) is 63.0 Å². The fourth-order valence-electron chi connectivity index (χ4n) is 4.49. The molecule has 6 nitrogen and oxygen atoms in total. The lowest BCUT2D eigenvalue weighted by Crippen LogP contribution is -2.66. The minimum Gasteiger partial charge on any atom is -0.497 e. The highest BCUT2D eigenvalue weighted by Crippen LogP contribution is 2.42. The Hall–Kier alpha value is -3.07. The van der Waals surface area contributed by atoms with Gasteiger partial charge in [-0.25, -0.2) is 0 Å². The molecular weight excluding hydrogens is 459 g/mol. The molecule has 1 heterocycles. The first-order valence-corrected chi connectivity index (χ1v) is 11.7. The van der Waals surface area contributed by atoms with E-state index in [9.17, 15) is 22.8 Å². The number of hydrogen-bond donors (Lipinski definition) is 3. The maximum absolute atomic E-state index is 13.2. The Kier molecular flexibility index (Phi) is 6.81. The topological polar surface area (TPSA) is 79.5 Å². The van der Waals surface area contributed by atoms with Gasteiger partial charge in [0.2, 0.25) is 11.8 Å². The van der Waals surface area contributed by atoms with Gasteiger partial charge in [0.05, 0.1) is 37.3 Å². The van der Waals surface area contributed by atoms with E-state index in [-0.39, 0.29) is 24.2 Å². The monoisotopic (exact) mass is 489 g/mol. The minimum atomic E-state index is -4.41. The van der Waals surface area contributed by atoms with Gasteiger partial charge in [0, 0.05) is 5.41 Å². The Balaban J connectivity index is 1.48. The highest BCUT2D eigenvalue weighted by atomic mass is 19.4. The van der Waals surface area contributed by atoms with Crippen molar-refractivity contribution in [2.24, 2.45) is 5.92 Å². The van der Waals surface area contributed by atoms with Gasteiger partial charge in [-0.3, -0.25) is 14.9 Å². The summed E-state index contributed by atoms with van der Waals surface area (Å²) in [5.41, 5.74) is 0.322. The molecule has 9 heteroatoms. The summed E-state index contributed by atoms with van der Waals surface area (Å²) < 4.78 is 44.1. The van der Waals surface area contributed by atoms with Gasteiger partial charge < -0.3 is 15.4 Å². The summed E-state index contributed by atoms with van der Waals surface area (Å²) in [5.74, 6) is 0.302. The third-order valence-electron chi connectivity index (χ3n) is 6.92. The van der Waals surface area contributed by atoms with Crippen molar-refractivity contribution in [3.05, 3.63) is 65.2 Å². The van der Waals surface area contributed by atoms with Crippen molar-refractivity contribution in [1.29, 1.82) is 0 Å². The van der Waals surface area contributed by atoms with Crippen LogP contribution in [-0.4, -0.2) is 31.1 Å². The molecule has 1 aliphatic carbocycles. The van der Waals surface area contributed by atoms with E-state index in [4.69, 9.17) is 4.74 Å². The van der Waals surface area contributed by atoms with Crippen molar-refractivity contribution in [3.8, 4) is 5.75 Å². The number of hydrogen-bond acceptors (Lipinski definition) is 4. The van der Waals surface area contributed by atoms with Crippen LogP contribution in [0, 0.1) is 5.92 Å². The number of amides is 2. The van der Waals surface area contributed by atoms with Gasteiger partial charge in [-0.15, -0.1) is 0 Å². The fraction of sp³-hybridized carbons (Fsp3) is 0.462. The Labute approximate surface area is 202 Å². The molecule has 0 aromatic heterocycles. The van der Waals surface area contributed by atoms with Crippen LogP contribution < -0.4 is 20.7 Å². The molecule has 35 heavy (non-hydrogen) atoms. The minimum absolute atomic E-state index is 0.0224. The molecule has 3 atom stereocenters. The Morgan fingerprint density at radius 1 is 1.03 bits per heavy atom. The van der Waals surface area contributed by atoms with Gasteiger partial charge in [0.1, 0.15) is 5.75 Å². The highest BCUT2D eigenvalue weighted by molar-refractivity contribution is 5.90. The normalized spacial score (nSPS) is 21.7. The second-order valence-electron chi connectivity index (χ2n) is 9.82. The molecule has 2 fully saturated rings. The summed E-state index contributed by atoms with van der Waals surface area (Å²) in [7, 11) is 1.59. The van der Waals surface area contributed by atoms with Crippen LogP contribution in [0.1, 0.15) is 55.8 Å². The van der Waals surface area contributed by atoms with Crippen molar-refractivity contribution in [3.63, 3.8) is 0 Å². The molecule has 2 amide bonds. The predicted molar refractivity (Wildman–Crippen MR) is 125 cm³/mol. The van der Waals surface area contributed by atoms with Crippen LogP contribution in [0.5, 0.6) is 5.75 Å². The second kappa shape index (κ2) is 9.53. The zero-order chi connectivity index (χ0) is 25.4. The Morgan fingerprint density at radius 3 is 2.17 bits per heavy atom. The molecule has 188 valence electrons. The molecule has 2 aromatic carbocycles. The third-order valence-corrected chi connectivity index (χ3v) is 6.92. The number of nitrogens with one attached hydrogen (secondary N) is 3. The molecule has 0 bridgehead atoms. The molecule has 4 rings (SSSR count). The van der Waals surface area contributed by atoms with E-state index in [1.165, 1.54) is 12.1 Å². The molecule has 2 aliphatic rings. The maximum Gasteiger partial charge on any atom is 0.416 e. The number of ether oxygens (including phenoxy) is 1. The number of rotatable bonds is 7. The molecule has 1 saturated carbocycles. The van der Waals surface area contributed by atoms with Crippen molar-refractivity contribution in [2.75, 3.05) is 7.11 Å². The lowest BCUT2D eigenvalue weighted by Gasteiger charge is -2.41. The molecular formula is C26H30F3N3O3. The smallest absolute Gasteiger partial charge is 0.416 e. The first-order chi connectivity index (χ1) is 16.5. The van der Waals surface area contributed by atoms with E-state index in [0.29, 0.717) is 5.56 Å². The molecule has 1 aliphatic heterocycles. The van der Waals surface area contributed by atoms with Crippen LogP contribution in [0.25, 0.3) is 0 Å². The van der Waals surface area contributed by atoms with Gasteiger partial charge >= 0.3 is 6.18 Å². The van der Waals surface area contributed by atoms with Crippen LogP contribution >= 0.6 is 0 Å². The second-order valence-corrected chi connectivity index (χ2v) is 9.82. The number of halogens is 3. The van der Waals surface area contributed by atoms with Gasteiger partial charge in [-0.1, -0.05) is 38.1 Å². The van der Waals surface area contributed by atoms with Crippen LogP contribution in [-0.2, 0) is 21.2 Å². The number of benzene rings is 2. The molecule has 3 N–H and O–H groups in total. The maximum atomic E-state index is 13.2. The molecule has 2 aromatic rings.